The van der Waals surface area contributed by atoms with Gasteiger partial charge in [-0.2, -0.15) is 19.6 Å². The van der Waals surface area contributed by atoms with Crippen molar-refractivity contribution in [3.63, 3.8) is 0 Å². The summed E-state index contributed by atoms with van der Waals surface area (Å²) in [6.45, 7) is 12.7. The standard InChI is InChI=1S/C52H59FN12O5/c1-31(2)41-29-57-65-47(41)59-52(70-36-7-5-16-54-28-36)60-51(65)56-27-34-6-3-4-8-37(34)46-38-10-9-35(24-33(38)13-17-55-46)62-22-20-61(21-23-62)30-32-14-18-63(19-15-32)44-26-40-39(25-42(44)53)49(68)64(50(40)69)43-11-12-45(66)58-48(43)67/h3-4,6,8-10,13,17,25-26,29,31-32,35-36,43,54H,5,7,11-12,14-16,18-24,27-28,30H2,1-2H3,(H,56,59,60)(H,58,66,67)/t35?,36-,43?/m1/s1. The fraction of sp³-hybridized carbons (Fsp3) is 0.462. The van der Waals surface area contributed by atoms with Crippen LogP contribution >= 0.6 is 0 Å². The Morgan fingerprint density at radius 3 is 2.49 bits per heavy atom. The van der Waals surface area contributed by atoms with Gasteiger partial charge in [-0.1, -0.05) is 50.3 Å². The number of piperidine rings is 3. The van der Waals surface area contributed by atoms with Crippen LogP contribution in [0.2, 0.25) is 0 Å². The molecule has 11 rings (SSSR count). The molecule has 3 atom stereocenters. The second-order valence-corrected chi connectivity index (χ2v) is 19.8. The lowest BCUT2D eigenvalue weighted by Crippen LogP contribution is -2.54. The molecule has 18 heteroatoms. The van der Waals surface area contributed by atoms with Crippen molar-refractivity contribution in [3.8, 4) is 17.3 Å². The third-order valence-electron chi connectivity index (χ3n) is 15.1. The van der Waals surface area contributed by atoms with Gasteiger partial charge in [0, 0.05) is 94.3 Å². The molecule has 4 saturated heterocycles. The summed E-state index contributed by atoms with van der Waals surface area (Å²) in [6.07, 6.45) is 13.2. The van der Waals surface area contributed by atoms with Gasteiger partial charge in [-0.15, -0.1) is 0 Å². The zero-order valence-electron chi connectivity index (χ0n) is 39.7. The monoisotopic (exact) mass is 950 g/mol. The number of halogens is 1. The van der Waals surface area contributed by atoms with Crippen molar-refractivity contribution in [1.82, 2.24) is 49.9 Å². The molecule has 364 valence electrons. The number of rotatable bonds is 12. The van der Waals surface area contributed by atoms with Gasteiger partial charge >= 0.3 is 6.01 Å². The lowest BCUT2D eigenvalue weighted by molar-refractivity contribution is -0.136. The second kappa shape index (κ2) is 19.3. The quantitative estimate of drug-likeness (QED) is 0.141. The van der Waals surface area contributed by atoms with Gasteiger partial charge < -0.3 is 25.2 Å². The number of fused-ring (bicyclic) bond motifs is 3. The number of hydrogen-bond donors (Lipinski definition) is 3. The molecule has 6 aliphatic rings. The van der Waals surface area contributed by atoms with E-state index in [-0.39, 0.29) is 42.0 Å². The van der Waals surface area contributed by atoms with Crippen LogP contribution in [0, 0.1) is 11.7 Å². The number of anilines is 2. The average Bonchev–Trinajstić information content (AvgIpc) is 3.91. The summed E-state index contributed by atoms with van der Waals surface area (Å²) in [7, 11) is 0. The average molecular weight is 951 g/mol. The molecular formula is C52H59FN12O5. The third kappa shape index (κ3) is 8.92. The van der Waals surface area contributed by atoms with Crippen LogP contribution in [0.1, 0.15) is 101 Å². The van der Waals surface area contributed by atoms with E-state index in [0.29, 0.717) is 43.2 Å². The van der Waals surface area contributed by atoms with Gasteiger partial charge in [-0.25, -0.2) is 4.39 Å². The number of nitrogens with one attached hydrogen (secondary N) is 3. The molecular weight excluding hydrogens is 892 g/mol. The predicted molar refractivity (Wildman–Crippen MR) is 261 cm³/mol. The lowest BCUT2D eigenvalue weighted by atomic mass is 9.89. The van der Waals surface area contributed by atoms with Crippen LogP contribution in [0.15, 0.2) is 60.9 Å². The van der Waals surface area contributed by atoms with Gasteiger partial charge in [-0.05, 0) is 86.2 Å². The number of carbonyl (C=O) groups excluding carboxylic acids is 4. The maximum absolute atomic E-state index is 15.6. The second-order valence-electron chi connectivity index (χ2n) is 19.8. The molecule has 4 amide bonds. The summed E-state index contributed by atoms with van der Waals surface area (Å²) in [4.78, 5) is 73.4. The van der Waals surface area contributed by atoms with Gasteiger partial charge in [0.05, 0.1) is 28.7 Å². The highest BCUT2D eigenvalue weighted by Gasteiger charge is 2.45. The molecule has 8 heterocycles. The van der Waals surface area contributed by atoms with Crippen LogP contribution in [0.25, 0.3) is 23.0 Å². The fourth-order valence-electron chi connectivity index (χ4n) is 11.2. The highest BCUT2D eigenvalue weighted by atomic mass is 19.1. The Labute approximate surface area is 405 Å². The molecule has 2 aromatic carbocycles. The van der Waals surface area contributed by atoms with Gasteiger partial charge in [0.2, 0.25) is 17.8 Å². The topological polar surface area (TPSA) is 183 Å². The SMILES string of the molecule is CC(C)c1cnn2c(NCc3ccccc3-c3nccc4c3C=CC(N3CCN(CC5CCN(c6cc7c(cc6F)C(=O)N(C6CCC(=O)NC6=O)C7=O)CC5)CC3)C4)nc(O[C@@H]3CCCNC3)nc12. The number of pyridine rings is 1. The summed E-state index contributed by atoms with van der Waals surface area (Å²) < 4.78 is 23.7. The minimum absolute atomic E-state index is 0.0153. The number of nitrogens with zero attached hydrogens (tertiary/aromatic N) is 9. The Morgan fingerprint density at radius 2 is 1.71 bits per heavy atom. The van der Waals surface area contributed by atoms with Crippen molar-refractivity contribution in [2.45, 2.75) is 89.4 Å². The van der Waals surface area contributed by atoms with E-state index in [9.17, 15) is 19.2 Å². The zero-order valence-corrected chi connectivity index (χ0v) is 39.7. The van der Waals surface area contributed by atoms with Crippen molar-refractivity contribution in [3.05, 3.63) is 100 Å². The van der Waals surface area contributed by atoms with Gasteiger partial charge in [-0.3, -0.25) is 39.3 Å². The van der Waals surface area contributed by atoms with E-state index in [1.165, 1.54) is 11.6 Å². The molecule has 0 radical (unpaired) electrons. The van der Waals surface area contributed by atoms with Crippen molar-refractivity contribution in [1.29, 1.82) is 0 Å². The highest BCUT2D eigenvalue weighted by molar-refractivity contribution is 6.23. The summed E-state index contributed by atoms with van der Waals surface area (Å²) in [5, 5.41) is 13.9. The van der Waals surface area contributed by atoms with E-state index in [2.05, 4.69) is 87.2 Å². The molecule has 5 aromatic rings. The molecule has 3 N–H and O–H groups in total. The fourth-order valence-corrected chi connectivity index (χ4v) is 11.2. The van der Waals surface area contributed by atoms with Gasteiger partial charge in [0.25, 0.3) is 11.8 Å². The number of ether oxygens (including phenoxy) is 1. The summed E-state index contributed by atoms with van der Waals surface area (Å²) in [5.74, 6) is -1.76. The molecule has 1 aliphatic carbocycles. The molecule has 0 bridgehead atoms. The Hall–Kier alpha value is -6.63. The Morgan fingerprint density at radius 1 is 0.914 bits per heavy atom. The molecule has 70 heavy (non-hydrogen) atoms. The van der Waals surface area contributed by atoms with Crippen LogP contribution in [0.3, 0.4) is 0 Å². The first-order valence-electron chi connectivity index (χ1n) is 24.9. The van der Waals surface area contributed by atoms with Crippen LogP contribution < -0.4 is 25.6 Å². The number of amides is 4. The normalized spacial score (nSPS) is 22.5. The van der Waals surface area contributed by atoms with E-state index in [1.807, 2.05) is 17.3 Å². The smallest absolute Gasteiger partial charge is 0.322 e. The Kier molecular flexibility index (Phi) is 12.6. The summed E-state index contributed by atoms with van der Waals surface area (Å²) >= 11 is 0. The number of piperazine rings is 1. The van der Waals surface area contributed by atoms with Crippen LogP contribution in [-0.2, 0) is 22.6 Å². The van der Waals surface area contributed by atoms with E-state index in [1.54, 1.807) is 4.52 Å². The Balaban J connectivity index is 0.697. The highest BCUT2D eigenvalue weighted by Crippen LogP contribution is 2.36. The van der Waals surface area contributed by atoms with Gasteiger partial charge in [0.1, 0.15) is 18.0 Å². The first-order valence-corrected chi connectivity index (χ1v) is 24.9. The van der Waals surface area contributed by atoms with Gasteiger partial charge in [0.15, 0.2) is 5.65 Å². The van der Waals surface area contributed by atoms with E-state index < -0.39 is 35.5 Å². The maximum atomic E-state index is 15.6. The van der Waals surface area contributed by atoms with E-state index in [0.717, 1.165) is 122 Å². The number of imide groups is 2. The summed E-state index contributed by atoms with van der Waals surface area (Å²) in [6, 6.07) is 12.7. The minimum atomic E-state index is -1.09. The largest absolute Gasteiger partial charge is 0.459 e. The molecule has 5 aliphatic heterocycles. The molecule has 0 saturated carbocycles. The number of hydrogen-bond acceptors (Lipinski definition) is 14. The maximum Gasteiger partial charge on any atom is 0.322 e. The van der Waals surface area contributed by atoms with Crippen molar-refractivity contribution in [2.24, 2.45) is 5.92 Å². The van der Waals surface area contributed by atoms with Crippen LogP contribution in [-0.4, -0.2) is 140 Å². The molecule has 4 fully saturated rings. The molecule has 17 nitrogen and oxygen atoms in total. The minimum Gasteiger partial charge on any atom is -0.459 e. The van der Waals surface area contributed by atoms with Crippen molar-refractivity contribution in [2.75, 3.05) is 69.1 Å². The lowest BCUT2D eigenvalue weighted by Gasteiger charge is -2.42. The molecule has 0 spiro atoms. The first-order chi connectivity index (χ1) is 34.1. The van der Waals surface area contributed by atoms with Crippen LogP contribution in [0.4, 0.5) is 16.0 Å². The van der Waals surface area contributed by atoms with Crippen molar-refractivity contribution >= 4 is 47.0 Å². The third-order valence-corrected chi connectivity index (χ3v) is 15.1. The predicted octanol–water partition coefficient (Wildman–Crippen LogP) is 5.07. The molecule has 2 unspecified atom stereocenters. The number of carbonyl (C=O) groups is 4. The first kappa shape index (κ1) is 45.8. The van der Waals surface area contributed by atoms with E-state index >= 15 is 4.39 Å². The zero-order chi connectivity index (χ0) is 48.0. The summed E-state index contributed by atoms with van der Waals surface area (Å²) in [5.41, 5.74) is 7.68. The van der Waals surface area contributed by atoms with E-state index in [4.69, 9.17) is 19.7 Å². The number of aromatic nitrogens is 5. The Bertz CT molecular complexity index is 2880. The van der Waals surface area contributed by atoms with Crippen LogP contribution in [0.5, 0.6) is 6.01 Å². The number of benzene rings is 2. The molecule has 3 aromatic heterocycles. The van der Waals surface area contributed by atoms with Crippen molar-refractivity contribution < 1.29 is 28.3 Å².